The Balaban J connectivity index is 1.86. The summed E-state index contributed by atoms with van der Waals surface area (Å²) in [4.78, 5) is 0. The minimum absolute atomic E-state index is 0.0806. The van der Waals surface area contributed by atoms with Gasteiger partial charge in [-0.2, -0.15) is 0 Å². The lowest BCUT2D eigenvalue weighted by Gasteiger charge is -2.44. The molecule has 0 amide bonds. The summed E-state index contributed by atoms with van der Waals surface area (Å²) in [5.41, 5.74) is 5.58. The van der Waals surface area contributed by atoms with Crippen LogP contribution in [0.1, 0.15) is 93.9 Å². The average molecular weight is 447 g/mol. The van der Waals surface area contributed by atoms with Crippen LogP contribution in [0.3, 0.4) is 0 Å². The van der Waals surface area contributed by atoms with Gasteiger partial charge in [-0.1, -0.05) is 25.5 Å². The maximum absolute atomic E-state index is 11.3. The second-order valence-electron chi connectivity index (χ2n) is 10.5. The van der Waals surface area contributed by atoms with Crippen LogP contribution in [-0.2, 0) is 4.74 Å². The van der Waals surface area contributed by atoms with Crippen LogP contribution >= 0.6 is 0 Å². The minimum atomic E-state index is -1.42. The Bertz CT molecular complexity index is 904. The Labute approximate surface area is 190 Å². The van der Waals surface area contributed by atoms with Gasteiger partial charge in [0, 0.05) is 11.5 Å². The molecule has 2 aliphatic carbocycles. The Morgan fingerprint density at radius 3 is 2.31 bits per heavy atom. The largest absolute Gasteiger partial charge is 0.504 e. The van der Waals surface area contributed by atoms with Crippen LogP contribution in [0.15, 0.2) is 11.6 Å². The van der Waals surface area contributed by atoms with Gasteiger partial charge in [-0.25, -0.2) is 0 Å². The molecule has 4 rings (SSSR count). The highest BCUT2D eigenvalue weighted by atomic mass is 16.7. The third-order valence-corrected chi connectivity index (χ3v) is 7.83. The smallest absolute Gasteiger partial charge is 0.229 e. The molecule has 178 valence electrons. The molecular weight excluding hydrogens is 408 g/mol. The van der Waals surface area contributed by atoms with Crippen LogP contribution in [-0.4, -0.2) is 51.1 Å². The highest BCUT2D eigenvalue weighted by Gasteiger charge is 2.46. The molecule has 3 aliphatic rings. The summed E-state index contributed by atoms with van der Waals surface area (Å²) in [6, 6.07) is 0. The average Bonchev–Trinajstić information content (AvgIpc) is 2.72. The second-order valence-corrected chi connectivity index (χ2v) is 10.5. The number of aliphatic hydroxyl groups excluding tert-OH is 3. The second kappa shape index (κ2) is 8.64. The van der Waals surface area contributed by atoms with Crippen molar-refractivity contribution in [3.05, 3.63) is 33.9 Å². The van der Waals surface area contributed by atoms with E-state index in [2.05, 4.69) is 33.8 Å². The highest BCUT2D eigenvalue weighted by molar-refractivity contribution is 5.64. The van der Waals surface area contributed by atoms with E-state index in [4.69, 9.17) is 9.47 Å². The number of phenols is 1. The predicted octanol–water partition coefficient (Wildman–Crippen LogP) is 3.98. The van der Waals surface area contributed by atoms with Gasteiger partial charge in [-0.15, -0.1) is 0 Å². The third-order valence-electron chi connectivity index (χ3n) is 7.83. The van der Waals surface area contributed by atoms with Crippen molar-refractivity contribution in [3.63, 3.8) is 0 Å². The molecule has 6 nitrogen and oxygen atoms in total. The SMILES string of the molecule is CC(C)=C[C@@H]1C[C@@H](C)[C@@H]2CC[C@@H](C)c3c(OC4OC(C)C(O)C(O)C4O)c(O)c(C)c1c32. The van der Waals surface area contributed by atoms with E-state index in [1.54, 1.807) is 6.92 Å². The first-order valence-electron chi connectivity index (χ1n) is 11.9. The lowest BCUT2D eigenvalue weighted by atomic mass is 9.62. The molecule has 1 fully saturated rings. The van der Waals surface area contributed by atoms with Crippen LogP contribution < -0.4 is 4.74 Å². The quantitative estimate of drug-likeness (QED) is 0.524. The summed E-state index contributed by atoms with van der Waals surface area (Å²) < 4.78 is 11.8. The normalized spacial score (nSPS) is 38.7. The molecule has 0 radical (unpaired) electrons. The van der Waals surface area contributed by atoms with Crippen molar-refractivity contribution in [3.8, 4) is 11.5 Å². The number of aliphatic hydroxyl groups is 3. The molecule has 1 heterocycles. The maximum atomic E-state index is 11.3. The number of aromatic hydroxyl groups is 1. The van der Waals surface area contributed by atoms with Gasteiger partial charge in [0.15, 0.2) is 11.5 Å². The monoisotopic (exact) mass is 446 g/mol. The van der Waals surface area contributed by atoms with Crippen molar-refractivity contribution in [2.24, 2.45) is 5.92 Å². The lowest BCUT2D eigenvalue weighted by Crippen LogP contribution is -2.58. The number of allylic oxidation sites excluding steroid dienone is 2. The van der Waals surface area contributed by atoms with Crippen molar-refractivity contribution in [1.29, 1.82) is 0 Å². The van der Waals surface area contributed by atoms with Gasteiger partial charge in [0.05, 0.1) is 6.10 Å². The van der Waals surface area contributed by atoms with Crippen LogP contribution in [0, 0.1) is 12.8 Å². The molecule has 0 aromatic heterocycles. The van der Waals surface area contributed by atoms with E-state index in [1.807, 2.05) is 6.92 Å². The number of hydrogen-bond acceptors (Lipinski definition) is 6. The summed E-state index contributed by atoms with van der Waals surface area (Å²) in [5.74, 6) is 1.79. The van der Waals surface area contributed by atoms with E-state index in [0.29, 0.717) is 17.6 Å². The third kappa shape index (κ3) is 3.75. The number of rotatable bonds is 3. The van der Waals surface area contributed by atoms with Gasteiger partial charge in [-0.3, -0.25) is 0 Å². The van der Waals surface area contributed by atoms with Crippen molar-refractivity contribution in [1.82, 2.24) is 0 Å². The van der Waals surface area contributed by atoms with Crippen molar-refractivity contribution < 1.29 is 29.9 Å². The highest BCUT2D eigenvalue weighted by Crippen LogP contribution is 2.58. The summed E-state index contributed by atoms with van der Waals surface area (Å²) in [6.45, 7) is 12.3. The Morgan fingerprint density at radius 1 is 0.969 bits per heavy atom. The topological polar surface area (TPSA) is 99.4 Å². The van der Waals surface area contributed by atoms with Crippen LogP contribution in [0.2, 0.25) is 0 Å². The van der Waals surface area contributed by atoms with E-state index in [-0.39, 0.29) is 17.6 Å². The van der Waals surface area contributed by atoms with E-state index < -0.39 is 30.7 Å². The Hall–Kier alpha value is -1.60. The number of hydrogen-bond donors (Lipinski definition) is 4. The van der Waals surface area contributed by atoms with E-state index in [1.165, 1.54) is 16.7 Å². The Morgan fingerprint density at radius 2 is 1.66 bits per heavy atom. The summed E-state index contributed by atoms with van der Waals surface area (Å²) in [5, 5.41) is 42.1. The molecule has 0 saturated carbocycles. The molecule has 0 spiro atoms. The van der Waals surface area contributed by atoms with Crippen LogP contribution in [0.5, 0.6) is 11.5 Å². The summed E-state index contributed by atoms with van der Waals surface area (Å²) in [7, 11) is 0. The zero-order chi connectivity index (χ0) is 23.5. The van der Waals surface area contributed by atoms with Gasteiger partial charge in [0.25, 0.3) is 0 Å². The fourth-order valence-corrected chi connectivity index (χ4v) is 6.13. The van der Waals surface area contributed by atoms with Gasteiger partial charge in [0.1, 0.15) is 18.3 Å². The summed E-state index contributed by atoms with van der Waals surface area (Å²) >= 11 is 0. The van der Waals surface area contributed by atoms with Gasteiger partial charge < -0.3 is 29.9 Å². The van der Waals surface area contributed by atoms with Gasteiger partial charge in [0.2, 0.25) is 6.29 Å². The van der Waals surface area contributed by atoms with E-state index >= 15 is 0 Å². The molecule has 0 bridgehead atoms. The zero-order valence-corrected chi connectivity index (χ0v) is 20.0. The van der Waals surface area contributed by atoms with E-state index in [0.717, 1.165) is 30.4 Å². The molecule has 9 atom stereocenters. The first kappa shape index (κ1) is 23.6. The maximum Gasteiger partial charge on any atom is 0.229 e. The van der Waals surface area contributed by atoms with Gasteiger partial charge >= 0.3 is 0 Å². The number of benzene rings is 1. The van der Waals surface area contributed by atoms with Crippen LogP contribution in [0.25, 0.3) is 0 Å². The number of phenolic OH excluding ortho intramolecular Hbond substituents is 1. The molecule has 1 aromatic rings. The van der Waals surface area contributed by atoms with Crippen molar-refractivity contribution >= 4 is 0 Å². The molecule has 1 aliphatic heterocycles. The number of ether oxygens (including phenoxy) is 2. The first-order valence-corrected chi connectivity index (χ1v) is 11.9. The fraction of sp³-hybridized carbons (Fsp3) is 0.692. The first-order chi connectivity index (χ1) is 15.0. The van der Waals surface area contributed by atoms with Crippen molar-refractivity contribution in [2.75, 3.05) is 0 Å². The minimum Gasteiger partial charge on any atom is -0.504 e. The Kier molecular flexibility index (Phi) is 6.36. The van der Waals surface area contributed by atoms with Crippen LogP contribution in [0.4, 0.5) is 0 Å². The molecule has 1 aromatic carbocycles. The van der Waals surface area contributed by atoms with Crippen molar-refractivity contribution in [2.45, 2.75) is 109 Å². The molecule has 4 N–H and O–H groups in total. The molecule has 32 heavy (non-hydrogen) atoms. The standard InChI is InChI=1S/C26H38O6/c1-11(2)9-16-10-13(4)17-8-7-12(3)18-20(17)19(16)14(5)21(27)25(18)32-26-24(30)23(29)22(28)15(6)31-26/h9,12-13,15-17,22-24,26-30H,7-8,10H2,1-6H3/t12-,13-,15?,16-,17+,22?,23?,24?,26?/m1/s1. The molecular formula is C26H38O6. The molecule has 5 unspecified atom stereocenters. The summed E-state index contributed by atoms with van der Waals surface area (Å²) in [6.07, 6.45) is -0.406. The fourth-order valence-electron chi connectivity index (χ4n) is 6.13. The molecule has 6 heteroatoms. The van der Waals surface area contributed by atoms with Gasteiger partial charge in [-0.05, 0) is 81.4 Å². The molecule has 1 saturated heterocycles. The van der Waals surface area contributed by atoms with E-state index in [9.17, 15) is 20.4 Å². The zero-order valence-electron chi connectivity index (χ0n) is 20.0. The lowest BCUT2D eigenvalue weighted by molar-refractivity contribution is -0.268. The predicted molar refractivity (Wildman–Crippen MR) is 122 cm³/mol.